The van der Waals surface area contributed by atoms with E-state index >= 15 is 0 Å². The van der Waals surface area contributed by atoms with Crippen molar-refractivity contribution in [3.8, 4) is 0 Å². The van der Waals surface area contributed by atoms with E-state index < -0.39 is 30.2 Å². The third-order valence-corrected chi connectivity index (χ3v) is 3.74. The fourth-order valence-corrected chi connectivity index (χ4v) is 2.40. The maximum Gasteiger partial charge on any atom is 0.308 e. The predicted molar refractivity (Wildman–Crippen MR) is 102 cm³/mol. The first-order valence-electron chi connectivity index (χ1n) is 8.53. The zero-order valence-corrected chi connectivity index (χ0v) is 15.3. The van der Waals surface area contributed by atoms with Crippen LogP contribution < -0.4 is 16.4 Å². The first kappa shape index (κ1) is 20.6. The fraction of sp³-hybridized carbons (Fsp3) is 0.200. The number of anilines is 1. The van der Waals surface area contributed by atoms with E-state index in [4.69, 9.17) is 10.5 Å². The van der Waals surface area contributed by atoms with Gasteiger partial charge in [-0.3, -0.25) is 19.2 Å². The quantitative estimate of drug-likeness (QED) is 0.593. The number of nitrogens with one attached hydrogen (secondary N) is 2. The Kier molecular flexibility index (Phi) is 7.27. The zero-order chi connectivity index (χ0) is 20.5. The van der Waals surface area contributed by atoms with Gasteiger partial charge in [0.05, 0.1) is 17.7 Å². The number of amides is 3. The summed E-state index contributed by atoms with van der Waals surface area (Å²) in [6.45, 7) is 1.36. The third-order valence-electron chi connectivity index (χ3n) is 3.74. The molecule has 4 N–H and O–H groups in total. The number of primary amides is 1. The van der Waals surface area contributed by atoms with Gasteiger partial charge in [0.15, 0.2) is 0 Å². The van der Waals surface area contributed by atoms with Gasteiger partial charge in [0.2, 0.25) is 11.8 Å². The molecule has 0 saturated carbocycles. The van der Waals surface area contributed by atoms with Gasteiger partial charge in [0.25, 0.3) is 5.91 Å². The summed E-state index contributed by atoms with van der Waals surface area (Å²) in [5.74, 6) is -2.55. The normalized spacial score (nSPS) is 11.2. The molecule has 0 fully saturated rings. The van der Waals surface area contributed by atoms with Gasteiger partial charge in [0.1, 0.15) is 12.6 Å². The molecule has 1 atom stereocenters. The van der Waals surface area contributed by atoms with Gasteiger partial charge >= 0.3 is 5.97 Å². The van der Waals surface area contributed by atoms with E-state index in [1.165, 1.54) is 13.0 Å². The summed E-state index contributed by atoms with van der Waals surface area (Å²) >= 11 is 0. The van der Waals surface area contributed by atoms with Crippen molar-refractivity contribution < 1.29 is 23.9 Å². The van der Waals surface area contributed by atoms with Crippen molar-refractivity contribution in [3.05, 3.63) is 65.7 Å². The number of para-hydroxylation sites is 1. The second kappa shape index (κ2) is 9.86. The lowest BCUT2D eigenvalue weighted by Gasteiger charge is -2.16. The number of rotatable bonds is 8. The minimum Gasteiger partial charge on any atom is -0.461 e. The molecule has 146 valence electrons. The standard InChI is InChI=1S/C20H21N3O5/c1-13(24)22-16-10-6-5-9-15(16)20(27)23-17(19(21)26)11-18(25)28-12-14-7-3-2-4-8-14/h2-10,17H,11-12H2,1H3,(H2,21,26)(H,22,24)(H,23,27)/t17-/m0/s1. The molecule has 3 amide bonds. The average molecular weight is 383 g/mol. The van der Waals surface area contributed by atoms with Gasteiger partial charge in [-0.15, -0.1) is 0 Å². The number of carbonyl (C=O) groups excluding carboxylic acids is 4. The summed E-state index contributed by atoms with van der Waals surface area (Å²) in [6.07, 6.45) is -0.407. The van der Waals surface area contributed by atoms with Crippen LogP contribution in [-0.2, 0) is 25.7 Å². The van der Waals surface area contributed by atoms with Gasteiger partial charge in [-0.05, 0) is 17.7 Å². The maximum absolute atomic E-state index is 12.5. The predicted octanol–water partition coefficient (Wildman–Crippen LogP) is 1.36. The minimum absolute atomic E-state index is 0.0461. The second-order valence-corrected chi connectivity index (χ2v) is 6.01. The van der Waals surface area contributed by atoms with Crippen LogP contribution in [0.5, 0.6) is 0 Å². The molecule has 0 aliphatic carbocycles. The molecule has 0 radical (unpaired) electrons. The highest BCUT2D eigenvalue weighted by atomic mass is 16.5. The Morgan fingerprint density at radius 2 is 1.64 bits per heavy atom. The molecule has 2 rings (SSSR count). The number of carbonyl (C=O) groups is 4. The highest BCUT2D eigenvalue weighted by Gasteiger charge is 2.24. The lowest BCUT2D eigenvalue weighted by Crippen LogP contribution is -2.46. The summed E-state index contributed by atoms with van der Waals surface area (Å²) in [5.41, 5.74) is 6.52. The summed E-state index contributed by atoms with van der Waals surface area (Å²) in [4.78, 5) is 47.5. The molecular weight excluding hydrogens is 362 g/mol. The molecule has 8 heteroatoms. The Morgan fingerprint density at radius 3 is 2.29 bits per heavy atom. The van der Waals surface area contributed by atoms with E-state index in [1.807, 2.05) is 18.2 Å². The largest absolute Gasteiger partial charge is 0.461 e. The van der Waals surface area contributed by atoms with Crippen LogP contribution in [0, 0.1) is 0 Å². The van der Waals surface area contributed by atoms with Crippen LogP contribution >= 0.6 is 0 Å². The SMILES string of the molecule is CC(=O)Nc1ccccc1C(=O)N[C@@H](CC(=O)OCc1ccccc1)C(N)=O. The number of hydrogen-bond donors (Lipinski definition) is 3. The molecule has 28 heavy (non-hydrogen) atoms. The molecule has 0 aliphatic heterocycles. The molecule has 2 aromatic rings. The highest BCUT2D eigenvalue weighted by molar-refractivity contribution is 6.05. The molecule has 8 nitrogen and oxygen atoms in total. The van der Waals surface area contributed by atoms with Crippen molar-refractivity contribution in [2.45, 2.75) is 26.0 Å². The first-order chi connectivity index (χ1) is 13.4. The van der Waals surface area contributed by atoms with E-state index in [0.29, 0.717) is 0 Å². The average Bonchev–Trinajstić information content (AvgIpc) is 2.66. The molecule has 0 bridgehead atoms. The Hall–Kier alpha value is -3.68. The van der Waals surface area contributed by atoms with Crippen molar-refractivity contribution in [3.63, 3.8) is 0 Å². The number of nitrogens with two attached hydrogens (primary N) is 1. The number of ether oxygens (including phenoxy) is 1. The van der Waals surface area contributed by atoms with E-state index in [2.05, 4.69) is 10.6 Å². The van der Waals surface area contributed by atoms with Crippen molar-refractivity contribution in [2.75, 3.05) is 5.32 Å². The first-order valence-corrected chi connectivity index (χ1v) is 8.53. The van der Waals surface area contributed by atoms with E-state index in [0.717, 1.165) is 5.56 Å². The van der Waals surface area contributed by atoms with Gasteiger partial charge in [-0.2, -0.15) is 0 Å². The monoisotopic (exact) mass is 383 g/mol. The van der Waals surface area contributed by atoms with Crippen LogP contribution in [-0.4, -0.2) is 29.7 Å². The minimum atomic E-state index is -1.25. The number of hydrogen-bond acceptors (Lipinski definition) is 5. The Morgan fingerprint density at radius 1 is 1.00 bits per heavy atom. The van der Waals surface area contributed by atoms with E-state index in [-0.39, 0.29) is 23.8 Å². The maximum atomic E-state index is 12.5. The van der Waals surface area contributed by atoms with Crippen molar-refractivity contribution in [1.82, 2.24) is 5.32 Å². The Labute approximate surface area is 162 Å². The van der Waals surface area contributed by atoms with Crippen molar-refractivity contribution >= 4 is 29.4 Å². The van der Waals surface area contributed by atoms with E-state index in [1.54, 1.807) is 30.3 Å². The molecule has 0 aromatic heterocycles. The van der Waals surface area contributed by atoms with Crippen LogP contribution in [0.1, 0.15) is 29.3 Å². The molecule has 0 saturated heterocycles. The summed E-state index contributed by atoms with van der Waals surface area (Å²) < 4.78 is 5.12. The highest BCUT2D eigenvalue weighted by Crippen LogP contribution is 2.15. The number of benzene rings is 2. The summed E-state index contributed by atoms with van der Waals surface area (Å²) in [6, 6.07) is 14.1. The van der Waals surface area contributed by atoms with E-state index in [9.17, 15) is 19.2 Å². The van der Waals surface area contributed by atoms with Crippen LogP contribution in [0.2, 0.25) is 0 Å². The Balaban J connectivity index is 2.00. The van der Waals surface area contributed by atoms with Crippen LogP contribution in [0.25, 0.3) is 0 Å². The lowest BCUT2D eigenvalue weighted by atomic mass is 10.1. The van der Waals surface area contributed by atoms with Gasteiger partial charge < -0.3 is 21.1 Å². The topological polar surface area (TPSA) is 128 Å². The van der Waals surface area contributed by atoms with Crippen molar-refractivity contribution in [1.29, 1.82) is 0 Å². The number of esters is 1. The molecular formula is C20H21N3O5. The molecule has 0 unspecified atom stereocenters. The lowest BCUT2D eigenvalue weighted by molar-refractivity contribution is -0.146. The second-order valence-electron chi connectivity index (χ2n) is 6.01. The van der Waals surface area contributed by atoms with Crippen LogP contribution in [0.3, 0.4) is 0 Å². The molecule has 0 aliphatic rings. The zero-order valence-electron chi connectivity index (χ0n) is 15.3. The molecule has 0 spiro atoms. The van der Waals surface area contributed by atoms with Crippen LogP contribution in [0.15, 0.2) is 54.6 Å². The van der Waals surface area contributed by atoms with Gasteiger partial charge in [-0.1, -0.05) is 42.5 Å². The Bertz CT molecular complexity index is 867. The van der Waals surface area contributed by atoms with Gasteiger partial charge in [-0.25, -0.2) is 0 Å². The van der Waals surface area contributed by atoms with Crippen LogP contribution in [0.4, 0.5) is 5.69 Å². The molecule has 2 aromatic carbocycles. The molecule has 0 heterocycles. The fourth-order valence-electron chi connectivity index (χ4n) is 2.40. The van der Waals surface area contributed by atoms with Crippen molar-refractivity contribution in [2.24, 2.45) is 5.73 Å². The van der Waals surface area contributed by atoms with Gasteiger partial charge in [0, 0.05) is 6.92 Å². The summed E-state index contributed by atoms with van der Waals surface area (Å²) in [5, 5.41) is 4.94. The smallest absolute Gasteiger partial charge is 0.308 e. The summed E-state index contributed by atoms with van der Waals surface area (Å²) in [7, 11) is 0. The third kappa shape index (κ3) is 6.24.